The van der Waals surface area contributed by atoms with Crippen LogP contribution in [0.2, 0.25) is 0 Å². The standard InChI is InChI=1S/C28H31NO4/c1-5-6-25(23-12-11-22-18-24(30)14-13-21(22)17-23)19-7-9-20(10-8-19)27(32)29-16-15-26(31)33-28(2,3)4/h5,7-14,17-18,25,30H,1,6,15-16H2,2-4H3,(H,29,32)/t25-/m1/s1. The maximum atomic E-state index is 12.5. The zero-order valence-corrected chi connectivity index (χ0v) is 19.4. The van der Waals surface area contributed by atoms with Crippen molar-refractivity contribution in [3.63, 3.8) is 0 Å². The second kappa shape index (κ2) is 10.3. The predicted octanol–water partition coefficient (Wildman–Crippen LogP) is 5.72. The summed E-state index contributed by atoms with van der Waals surface area (Å²) < 4.78 is 5.25. The lowest BCUT2D eigenvalue weighted by Gasteiger charge is -2.19. The van der Waals surface area contributed by atoms with Crippen LogP contribution in [-0.2, 0) is 9.53 Å². The molecule has 0 heterocycles. The summed E-state index contributed by atoms with van der Waals surface area (Å²) in [5.74, 6) is -0.213. The Morgan fingerprint density at radius 1 is 1.00 bits per heavy atom. The van der Waals surface area contributed by atoms with Gasteiger partial charge in [0.15, 0.2) is 0 Å². The third kappa shape index (κ3) is 6.69. The van der Waals surface area contributed by atoms with Gasteiger partial charge in [-0.05, 0) is 73.4 Å². The zero-order chi connectivity index (χ0) is 24.0. The van der Waals surface area contributed by atoms with Gasteiger partial charge in [-0.2, -0.15) is 0 Å². The minimum atomic E-state index is -0.536. The molecule has 3 aromatic carbocycles. The van der Waals surface area contributed by atoms with Crippen LogP contribution in [-0.4, -0.2) is 29.1 Å². The molecule has 0 saturated carbocycles. The topological polar surface area (TPSA) is 75.6 Å². The van der Waals surface area contributed by atoms with E-state index in [0.29, 0.717) is 5.56 Å². The van der Waals surface area contributed by atoms with Crippen molar-refractivity contribution in [2.24, 2.45) is 0 Å². The number of carbonyl (C=O) groups excluding carboxylic acids is 2. The molecule has 2 N–H and O–H groups in total. The number of esters is 1. The molecule has 1 amide bonds. The van der Waals surface area contributed by atoms with Crippen LogP contribution in [0, 0.1) is 0 Å². The van der Waals surface area contributed by atoms with Gasteiger partial charge in [-0.25, -0.2) is 0 Å². The fraction of sp³-hybridized carbons (Fsp3) is 0.286. The molecule has 0 radical (unpaired) electrons. The fourth-order valence-corrected chi connectivity index (χ4v) is 3.74. The van der Waals surface area contributed by atoms with Crippen molar-refractivity contribution >= 4 is 22.6 Å². The molecule has 0 saturated heterocycles. The zero-order valence-electron chi connectivity index (χ0n) is 19.4. The lowest BCUT2D eigenvalue weighted by molar-refractivity contribution is -0.154. The highest BCUT2D eigenvalue weighted by molar-refractivity contribution is 5.94. The number of nitrogens with one attached hydrogen (secondary N) is 1. The normalized spacial score (nSPS) is 12.2. The van der Waals surface area contributed by atoms with E-state index in [1.54, 1.807) is 24.3 Å². The number of rotatable bonds is 8. The third-order valence-electron chi connectivity index (χ3n) is 5.26. The van der Waals surface area contributed by atoms with E-state index in [4.69, 9.17) is 4.74 Å². The SMILES string of the molecule is C=CC[C@H](c1ccc(C(=O)NCCC(=O)OC(C)(C)C)cc1)c1ccc2cc(O)ccc2c1. The molecule has 0 aliphatic rings. The smallest absolute Gasteiger partial charge is 0.308 e. The fourth-order valence-electron chi connectivity index (χ4n) is 3.74. The van der Waals surface area contributed by atoms with E-state index in [2.05, 4.69) is 24.0 Å². The Morgan fingerprint density at radius 3 is 2.30 bits per heavy atom. The Labute approximate surface area is 195 Å². The molecule has 0 bridgehead atoms. The maximum Gasteiger partial charge on any atom is 0.308 e. The molecule has 0 unspecified atom stereocenters. The molecule has 0 fully saturated rings. The van der Waals surface area contributed by atoms with Gasteiger partial charge in [0, 0.05) is 18.0 Å². The van der Waals surface area contributed by atoms with Gasteiger partial charge in [0.05, 0.1) is 6.42 Å². The molecule has 0 aliphatic carbocycles. The Morgan fingerprint density at radius 2 is 1.64 bits per heavy atom. The average molecular weight is 446 g/mol. The molecule has 33 heavy (non-hydrogen) atoms. The van der Waals surface area contributed by atoms with Crippen LogP contribution in [0.4, 0.5) is 0 Å². The number of ether oxygens (including phenoxy) is 1. The Hall–Kier alpha value is -3.60. The minimum absolute atomic E-state index is 0.102. The summed E-state index contributed by atoms with van der Waals surface area (Å²) in [6.07, 6.45) is 2.77. The van der Waals surface area contributed by atoms with Crippen molar-refractivity contribution in [3.8, 4) is 5.75 Å². The van der Waals surface area contributed by atoms with Gasteiger partial charge < -0.3 is 15.2 Å². The first kappa shape index (κ1) is 24.1. The van der Waals surface area contributed by atoms with Gasteiger partial charge >= 0.3 is 5.97 Å². The Bertz CT molecular complexity index is 1140. The van der Waals surface area contributed by atoms with Crippen LogP contribution >= 0.6 is 0 Å². The van der Waals surface area contributed by atoms with Crippen LogP contribution < -0.4 is 5.32 Å². The van der Waals surface area contributed by atoms with Crippen molar-refractivity contribution in [3.05, 3.63) is 90.0 Å². The summed E-state index contributed by atoms with van der Waals surface area (Å²) in [6, 6.07) is 19.0. The van der Waals surface area contributed by atoms with Gasteiger partial charge in [-0.15, -0.1) is 6.58 Å². The molecule has 3 rings (SSSR count). The monoisotopic (exact) mass is 445 g/mol. The molecular formula is C28H31NO4. The van der Waals surface area contributed by atoms with E-state index >= 15 is 0 Å². The number of fused-ring (bicyclic) bond motifs is 1. The van der Waals surface area contributed by atoms with Crippen molar-refractivity contribution in [1.29, 1.82) is 0 Å². The quantitative estimate of drug-likeness (QED) is 0.344. The van der Waals surface area contributed by atoms with Crippen LogP contribution in [0.25, 0.3) is 10.8 Å². The highest BCUT2D eigenvalue weighted by Gasteiger charge is 2.17. The number of phenols is 1. The van der Waals surface area contributed by atoms with Crippen LogP contribution in [0.15, 0.2) is 73.3 Å². The largest absolute Gasteiger partial charge is 0.508 e. The summed E-state index contributed by atoms with van der Waals surface area (Å²) in [4.78, 5) is 24.3. The van der Waals surface area contributed by atoms with Crippen molar-refractivity contribution in [2.75, 3.05) is 6.54 Å². The molecule has 0 aliphatic heterocycles. The lowest BCUT2D eigenvalue weighted by Crippen LogP contribution is -2.29. The lowest BCUT2D eigenvalue weighted by atomic mass is 9.87. The van der Waals surface area contributed by atoms with Gasteiger partial charge in [0.1, 0.15) is 11.4 Å². The number of phenolic OH excluding ortho intramolecular Hbond substituents is 1. The predicted molar refractivity (Wildman–Crippen MR) is 132 cm³/mol. The van der Waals surface area contributed by atoms with E-state index in [1.165, 1.54) is 0 Å². The van der Waals surface area contributed by atoms with Crippen molar-refractivity contribution in [2.45, 2.75) is 45.1 Å². The number of allylic oxidation sites excluding steroid dienone is 1. The molecule has 0 spiro atoms. The molecule has 5 heteroatoms. The van der Waals surface area contributed by atoms with E-state index in [-0.39, 0.29) is 36.5 Å². The number of aromatic hydroxyl groups is 1. The number of hydrogen-bond donors (Lipinski definition) is 2. The molecular weight excluding hydrogens is 414 g/mol. The number of benzene rings is 3. The van der Waals surface area contributed by atoms with E-state index in [0.717, 1.165) is 28.3 Å². The average Bonchev–Trinajstić information content (AvgIpc) is 2.76. The van der Waals surface area contributed by atoms with Crippen molar-refractivity contribution < 1.29 is 19.4 Å². The Balaban J connectivity index is 1.69. The number of carbonyl (C=O) groups is 2. The summed E-state index contributed by atoms with van der Waals surface area (Å²) >= 11 is 0. The number of hydrogen-bond acceptors (Lipinski definition) is 4. The van der Waals surface area contributed by atoms with E-state index in [1.807, 2.05) is 51.1 Å². The van der Waals surface area contributed by atoms with Crippen LogP contribution in [0.3, 0.4) is 0 Å². The van der Waals surface area contributed by atoms with Crippen LogP contribution in [0.5, 0.6) is 5.75 Å². The summed E-state index contributed by atoms with van der Waals surface area (Å²) in [5, 5.41) is 14.5. The first-order chi connectivity index (χ1) is 15.7. The van der Waals surface area contributed by atoms with Crippen molar-refractivity contribution in [1.82, 2.24) is 5.32 Å². The molecule has 3 aromatic rings. The maximum absolute atomic E-state index is 12.5. The van der Waals surface area contributed by atoms with Gasteiger partial charge in [0.2, 0.25) is 0 Å². The minimum Gasteiger partial charge on any atom is -0.508 e. The molecule has 0 aromatic heterocycles. The Kier molecular flexibility index (Phi) is 7.54. The molecule has 172 valence electrons. The summed E-state index contributed by atoms with van der Waals surface area (Å²) in [5.41, 5.74) is 2.22. The van der Waals surface area contributed by atoms with Gasteiger partial charge in [0.25, 0.3) is 5.91 Å². The highest BCUT2D eigenvalue weighted by atomic mass is 16.6. The van der Waals surface area contributed by atoms with E-state index in [9.17, 15) is 14.7 Å². The first-order valence-corrected chi connectivity index (χ1v) is 11.1. The second-order valence-electron chi connectivity index (χ2n) is 9.08. The van der Waals surface area contributed by atoms with E-state index < -0.39 is 5.60 Å². The van der Waals surface area contributed by atoms with Crippen LogP contribution in [0.1, 0.15) is 61.0 Å². The molecule has 1 atom stereocenters. The summed E-state index contributed by atoms with van der Waals surface area (Å²) in [7, 11) is 0. The van der Waals surface area contributed by atoms with Gasteiger partial charge in [-0.3, -0.25) is 9.59 Å². The summed E-state index contributed by atoms with van der Waals surface area (Å²) in [6.45, 7) is 9.57. The highest BCUT2D eigenvalue weighted by Crippen LogP contribution is 2.31. The third-order valence-corrected chi connectivity index (χ3v) is 5.26. The van der Waals surface area contributed by atoms with Gasteiger partial charge in [-0.1, -0.05) is 42.5 Å². The second-order valence-corrected chi connectivity index (χ2v) is 9.08. The molecule has 5 nitrogen and oxygen atoms in total. The number of amides is 1. The first-order valence-electron chi connectivity index (χ1n) is 11.1.